The smallest absolute Gasteiger partial charge is 0.119 e. The Morgan fingerprint density at radius 3 is 2.56 bits per heavy atom. The number of ether oxygens (including phenoxy) is 2. The van der Waals surface area contributed by atoms with Gasteiger partial charge in [0.2, 0.25) is 0 Å². The van der Waals surface area contributed by atoms with E-state index >= 15 is 0 Å². The molecule has 0 spiro atoms. The van der Waals surface area contributed by atoms with Crippen LogP contribution in [0.2, 0.25) is 0 Å². The summed E-state index contributed by atoms with van der Waals surface area (Å²) in [6.45, 7) is 10.9. The van der Waals surface area contributed by atoms with E-state index in [1.165, 1.54) is 0 Å². The van der Waals surface area contributed by atoms with Crippen molar-refractivity contribution in [1.82, 2.24) is 4.90 Å². The average molecular weight is 219 g/mol. The van der Waals surface area contributed by atoms with E-state index in [1.54, 1.807) is 0 Å². The van der Waals surface area contributed by atoms with Crippen LogP contribution in [0.3, 0.4) is 0 Å². The molecule has 0 bridgehead atoms. The molecule has 1 aliphatic heterocycles. The zero-order valence-corrected chi connectivity index (χ0v) is 9.39. The maximum atomic E-state index is 5.63. The monoisotopic (exact) mass is 219 g/mol. The van der Waals surface area contributed by atoms with Gasteiger partial charge in [-0.05, 0) is 24.6 Å². The summed E-state index contributed by atoms with van der Waals surface area (Å²) < 4.78 is 10.9. The number of rotatable bonds is 4. The lowest BCUT2D eigenvalue weighted by molar-refractivity contribution is 0.0322. The van der Waals surface area contributed by atoms with E-state index in [1.807, 2.05) is 24.3 Å². The van der Waals surface area contributed by atoms with Gasteiger partial charge in [0.1, 0.15) is 12.4 Å². The maximum absolute atomic E-state index is 5.63. The number of nitrogens with zero attached hydrogens (tertiary/aromatic N) is 1. The summed E-state index contributed by atoms with van der Waals surface area (Å²) in [5, 5.41) is 0. The van der Waals surface area contributed by atoms with E-state index in [-0.39, 0.29) is 0 Å². The molecule has 0 aliphatic carbocycles. The Balaban J connectivity index is 1.69. The zero-order valence-electron chi connectivity index (χ0n) is 9.39. The van der Waals surface area contributed by atoms with Crippen LogP contribution in [0.5, 0.6) is 5.75 Å². The Hall–Kier alpha value is -1.06. The fourth-order valence-corrected chi connectivity index (χ4v) is 1.68. The first-order valence-corrected chi connectivity index (χ1v) is 5.63. The van der Waals surface area contributed by atoms with Gasteiger partial charge in [-0.15, -0.1) is 0 Å². The van der Waals surface area contributed by atoms with Crippen LogP contribution in [0.4, 0.5) is 0 Å². The Morgan fingerprint density at radius 1 is 1.19 bits per heavy atom. The van der Waals surface area contributed by atoms with Gasteiger partial charge in [0.05, 0.1) is 13.2 Å². The Morgan fingerprint density at radius 2 is 1.88 bits per heavy atom. The van der Waals surface area contributed by atoms with Gasteiger partial charge in [0, 0.05) is 19.6 Å². The summed E-state index contributed by atoms with van der Waals surface area (Å²) in [5.74, 6) is 0.877. The van der Waals surface area contributed by atoms with Gasteiger partial charge >= 0.3 is 0 Å². The normalized spacial score (nSPS) is 17.3. The van der Waals surface area contributed by atoms with Crippen molar-refractivity contribution in [1.29, 1.82) is 0 Å². The topological polar surface area (TPSA) is 21.7 Å². The van der Waals surface area contributed by atoms with Crippen molar-refractivity contribution >= 4 is 0 Å². The highest BCUT2D eigenvalue weighted by Gasteiger charge is 2.09. The van der Waals surface area contributed by atoms with Crippen molar-refractivity contribution in [2.45, 2.75) is 0 Å². The zero-order chi connectivity index (χ0) is 11.2. The molecule has 0 atom stereocenters. The van der Waals surface area contributed by atoms with E-state index in [0.717, 1.165) is 44.2 Å². The molecule has 0 N–H and O–H groups in total. The molecule has 1 aromatic rings. The molecule has 0 saturated carbocycles. The van der Waals surface area contributed by atoms with Gasteiger partial charge in [0.25, 0.3) is 0 Å². The predicted molar refractivity (Wildman–Crippen MR) is 62.6 cm³/mol. The minimum atomic E-state index is 0.712. The summed E-state index contributed by atoms with van der Waals surface area (Å²) in [7, 11) is 0. The molecule has 2 radical (unpaired) electrons. The molecule has 1 fully saturated rings. The summed E-state index contributed by atoms with van der Waals surface area (Å²) >= 11 is 0. The molecule has 16 heavy (non-hydrogen) atoms. The second-order valence-electron chi connectivity index (χ2n) is 3.87. The highest BCUT2D eigenvalue weighted by molar-refractivity contribution is 5.28. The molecule has 1 saturated heterocycles. The lowest BCUT2D eigenvalue weighted by Crippen LogP contribution is -2.38. The molecule has 3 heteroatoms. The molecular formula is C13H17NO2. The van der Waals surface area contributed by atoms with Gasteiger partial charge < -0.3 is 9.47 Å². The van der Waals surface area contributed by atoms with Crippen molar-refractivity contribution in [3.63, 3.8) is 0 Å². The van der Waals surface area contributed by atoms with Crippen LogP contribution < -0.4 is 4.74 Å². The maximum Gasteiger partial charge on any atom is 0.119 e. The van der Waals surface area contributed by atoms with Gasteiger partial charge in [0.15, 0.2) is 0 Å². The summed E-state index contributed by atoms with van der Waals surface area (Å²) in [4.78, 5) is 2.35. The molecule has 1 aliphatic rings. The SMILES string of the molecule is [CH]c1ccc(OCCN2CCOCC2)cc1. The Bertz CT molecular complexity index is 304. The predicted octanol–water partition coefficient (Wildman–Crippen LogP) is 1.46. The van der Waals surface area contributed by atoms with Crippen LogP contribution in [0.15, 0.2) is 24.3 Å². The van der Waals surface area contributed by atoms with Crippen molar-refractivity contribution < 1.29 is 9.47 Å². The number of hydrogen-bond acceptors (Lipinski definition) is 3. The van der Waals surface area contributed by atoms with Crippen LogP contribution in [0.1, 0.15) is 5.56 Å². The van der Waals surface area contributed by atoms with Crippen LogP contribution in [-0.2, 0) is 4.74 Å². The van der Waals surface area contributed by atoms with Gasteiger partial charge in [-0.2, -0.15) is 0 Å². The van der Waals surface area contributed by atoms with Crippen molar-refractivity contribution in [3.8, 4) is 5.75 Å². The fourth-order valence-electron chi connectivity index (χ4n) is 1.68. The third-order valence-corrected chi connectivity index (χ3v) is 2.66. The average Bonchev–Trinajstić information content (AvgIpc) is 2.33. The molecule has 2 rings (SSSR count). The van der Waals surface area contributed by atoms with Crippen LogP contribution >= 0.6 is 0 Å². The van der Waals surface area contributed by atoms with E-state index in [2.05, 4.69) is 4.90 Å². The number of hydrogen-bond donors (Lipinski definition) is 0. The fraction of sp³-hybridized carbons (Fsp3) is 0.462. The Kier molecular flexibility index (Phi) is 4.19. The van der Waals surface area contributed by atoms with Crippen molar-refractivity contribution in [2.75, 3.05) is 39.5 Å². The van der Waals surface area contributed by atoms with Crippen LogP contribution in [-0.4, -0.2) is 44.4 Å². The van der Waals surface area contributed by atoms with Gasteiger partial charge in [-0.1, -0.05) is 12.1 Å². The summed E-state index contributed by atoms with van der Waals surface area (Å²) in [6, 6.07) is 7.50. The quantitative estimate of drug-likeness (QED) is 0.765. The molecule has 0 amide bonds. The van der Waals surface area contributed by atoms with Crippen LogP contribution in [0.25, 0.3) is 0 Å². The summed E-state index contributed by atoms with van der Waals surface area (Å²) in [5.41, 5.74) is 0.764. The van der Waals surface area contributed by atoms with Gasteiger partial charge in [-0.3, -0.25) is 4.90 Å². The Labute approximate surface area is 97.0 Å². The van der Waals surface area contributed by atoms with E-state index in [4.69, 9.17) is 16.4 Å². The first-order chi connectivity index (χ1) is 7.84. The van der Waals surface area contributed by atoms with Gasteiger partial charge in [-0.25, -0.2) is 0 Å². The largest absolute Gasteiger partial charge is 0.492 e. The van der Waals surface area contributed by atoms with Crippen molar-refractivity contribution in [3.05, 3.63) is 36.8 Å². The molecule has 86 valence electrons. The lowest BCUT2D eigenvalue weighted by atomic mass is 10.2. The number of benzene rings is 1. The number of morpholine rings is 1. The first kappa shape index (κ1) is 11.4. The van der Waals surface area contributed by atoms with E-state index in [9.17, 15) is 0 Å². The molecule has 3 nitrogen and oxygen atoms in total. The molecule has 1 aromatic carbocycles. The minimum Gasteiger partial charge on any atom is -0.492 e. The minimum absolute atomic E-state index is 0.712. The second kappa shape index (κ2) is 5.87. The first-order valence-electron chi connectivity index (χ1n) is 5.63. The highest BCUT2D eigenvalue weighted by Crippen LogP contribution is 2.11. The van der Waals surface area contributed by atoms with Crippen LogP contribution in [0, 0.1) is 6.92 Å². The highest BCUT2D eigenvalue weighted by atomic mass is 16.5. The van der Waals surface area contributed by atoms with Crippen molar-refractivity contribution in [2.24, 2.45) is 0 Å². The molecule has 0 unspecified atom stereocenters. The third kappa shape index (κ3) is 3.51. The molecule has 0 aromatic heterocycles. The second-order valence-corrected chi connectivity index (χ2v) is 3.87. The molecule has 1 heterocycles. The standard InChI is InChI=1S/C13H17NO2/c1-12-2-4-13(5-3-12)16-11-8-14-6-9-15-10-7-14/h1-5H,6-11H2. The lowest BCUT2D eigenvalue weighted by Gasteiger charge is -2.26. The molecular weight excluding hydrogens is 202 g/mol. The third-order valence-electron chi connectivity index (χ3n) is 2.66. The summed E-state index contributed by atoms with van der Waals surface area (Å²) in [6.07, 6.45) is 0. The van der Waals surface area contributed by atoms with E-state index in [0.29, 0.717) is 6.61 Å². The van der Waals surface area contributed by atoms with E-state index < -0.39 is 0 Å².